The molecule has 0 saturated carbocycles. The Morgan fingerprint density at radius 3 is 2.62 bits per heavy atom. The third-order valence-corrected chi connectivity index (χ3v) is 9.03. The number of halogens is 2. The summed E-state index contributed by atoms with van der Waals surface area (Å²) in [6, 6.07) is 13.1. The molecule has 0 radical (unpaired) electrons. The largest absolute Gasteiger partial charge is 0.376 e. The van der Waals surface area contributed by atoms with Crippen molar-refractivity contribution >= 4 is 59.6 Å². The van der Waals surface area contributed by atoms with Crippen molar-refractivity contribution in [1.82, 2.24) is 14.9 Å². The van der Waals surface area contributed by atoms with Crippen LogP contribution in [-0.2, 0) is 17.6 Å². The molecule has 1 aliphatic carbocycles. The van der Waals surface area contributed by atoms with Crippen LogP contribution in [0.5, 0.6) is 0 Å². The van der Waals surface area contributed by atoms with Crippen LogP contribution in [0.4, 0.5) is 23.1 Å². The second kappa shape index (κ2) is 11.8. The highest BCUT2D eigenvalue weighted by Gasteiger charge is 2.26. The van der Waals surface area contributed by atoms with E-state index in [-0.39, 0.29) is 7.92 Å². The molecule has 6 nitrogen and oxygen atoms in total. The van der Waals surface area contributed by atoms with E-state index in [2.05, 4.69) is 64.0 Å². The molecule has 0 bridgehead atoms. The molecule has 0 spiro atoms. The molecule has 1 aromatic heterocycles. The number of aromatic nitrogens is 2. The first-order chi connectivity index (χ1) is 17.9. The highest BCUT2D eigenvalue weighted by atomic mass is 35.5. The highest BCUT2D eigenvalue weighted by molar-refractivity contribution is 7.64. The standard InChI is InChI=1S/C28H34Cl2N5OP/c1-18-17-35(12-13-36-18)23-9-5-19-4-8-22(14-20(19)6-10-23)32-28-31-16-24(30)27(34-28)33-25-11-7-21(29)15-26(25)37(2)3/h4,7-8,11,14-16,18,23H,5-6,9-10,12-13,17H2,1-3H3,(H2,31,32,33,34)/t18-,23?/m1/s1. The molecule has 2 N–H and O–H groups in total. The fourth-order valence-corrected chi connectivity index (χ4v) is 6.66. The van der Waals surface area contributed by atoms with Gasteiger partial charge in [0.1, 0.15) is 5.02 Å². The quantitative estimate of drug-likeness (QED) is 0.263. The maximum Gasteiger partial charge on any atom is 0.229 e. The first-order valence-corrected chi connectivity index (χ1v) is 15.9. The van der Waals surface area contributed by atoms with E-state index in [1.807, 2.05) is 18.2 Å². The van der Waals surface area contributed by atoms with Gasteiger partial charge in [-0.1, -0.05) is 37.2 Å². The summed E-state index contributed by atoms with van der Waals surface area (Å²) >= 11 is 12.7. The minimum atomic E-state index is -0.361. The van der Waals surface area contributed by atoms with E-state index < -0.39 is 0 Å². The predicted molar refractivity (Wildman–Crippen MR) is 157 cm³/mol. The highest BCUT2D eigenvalue weighted by Crippen LogP contribution is 2.33. The molecule has 196 valence electrons. The van der Waals surface area contributed by atoms with Crippen LogP contribution in [0.25, 0.3) is 0 Å². The maximum atomic E-state index is 6.46. The van der Waals surface area contributed by atoms with E-state index in [4.69, 9.17) is 27.9 Å². The van der Waals surface area contributed by atoms with Crippen LogP contribution in [0.2, 0.25) is 10.0 Å². The summed E-state index contributed by atoms with van der Waals surface area (Å²) in [6.45, 7) is 9.49. The maximum absolute atomic E-state index is 6.46. The lowest BCUT2D eigenvalue weighted by atomic mass is 10.0. The molecule has 2 aromatic carbocycles. The van der Waals surface area contributed by atoms with Gasteiger partial charge in [0.05, 0.1) is 18.9 Å². The number of nitrogens with zero attached hydrogens (tertiary/aromatic N) is 3. The predicted octanol–water partition coefficient (Wildman–Crippen LogP) is 6.61. The molecule has 1 fully saturated rings. The molecule has 1 saturated heterocycles. The molecular formula is C28H34Cl2N5OP. The second-order valence-electron chi connectivity index (χ2n) is 10.1. The van der Waals surface area contributed by atoms with E-state index in [1.54, 1.807) is 6.20 Å². The van der Waals surface area contributed by atoms with Crippen molar-refractivity contribution in [2.75, 3.05) is 43.7 Å². The Balaban J connectivity index is 1.29. The fourth-order valence-electron chi connectivity index (χ4n) is 5.26. The Kier molecular flexibility index (Phi) is 8.53. The van der Waals surface area contributed by atoms with Gasteiger partial charge in [-0.25, -0.2) is 4.98 Å². The van der Waals surface area contributed by atoms with Crippen molar-refractivity contribution in [2.45, 2.75) is 44.8 Å². The molecule has 0 amide bonds. The fraction of sp³-hybridized carbons (Fsp3) is 0.429. The molecule has 5 rings (SSSR count). The van der Waals surface area contributed by atoms with Crippen LogP contribution in [0.3, 0.4) is 0 Å². The average Bonchev–Trinajstić information content (AvgIpc) is 3.09. The van der Waals surface area contributed by atoms with Gasteiger partial charge in [-0.3, -0.25) is 4.90 Å². The van der Waals surface area contributed by atoms with Crippen molar-refractivity contribution in [1.29, 1.82) is 0 Å². The molecular weight excluding hydrogens is 524 g/mol. The number of ether oxygens (including phenoxy) is 1. The van der Waals surface area contributed by atoms with Crippen molar-refractivity contribution in [3.63, 3.8) is 0 Å². The summed E-state index contributed by atoms with van der Waals surface area (Å²) in [5.74, 6) is 1.07. The number of nitrogens with one attached hydrogen (secondary N) is 2. The number of fused-ring (bicyclic) bond motifs is 1. The zero-order chi connectivity index (χ0) is 25.9. The SMILES string of the molecule is C[C@@H]1CN(C2CCc3ccc(Nc4ncc(Cl)c(Nc5ccc(Cl)cc5P(C)C)n4)cc3CC2)CCO1. The van der Waals surface area contributed by atoms with Gasteiger partial charge in [-0.15, -0.1) is 0 Å². The normalized spacial score (nSPS) is 20.4. The first kappa shape index (κ1) is 26.6. The zero-order valence-corrected chi connectivity index (χ0v) is 24.0. The van der Waals surface area contributed by atoms with Crippen LogP contribution in [0.15, 0.2) is 42.6 Å². The molecule has 9 heteroatoms. The molecule has 2 heterocycles. The van der Waals surface area contributed by atoms with E-state index >= 15 is 0 Å². The number of aryl methyl sites for hydroxylation is 2. The van der Waals surface area contributed by atoms with Crippen molar-refractivity contribution in [2.24, 2.45) is 0 Å². The minimum absolute atomic E-state index is 0.326. The summed E-state index contributed by atoms with van der Waals surface area (Å²) in [4.78, 5) is 11.7. The van der Waals surface area contributed by atoms with Crippen molar-refractivity contribution in [3.8, 4) is 0 Å². The van der Waals surface area contributed by atoms with E-state index in [0.29, 0.717) is 28.9 Å². The summed E-state index contributed by atoms with van der Waals surface area (Å²) in [6.07, 6.45) is 6.52. The Bertz CT molecular complexity index is 1260. The lowest BCUT2D eigenvalue weighted by molar-refractivity contribution is -0.0360. The van der Waals surface area contributed by atoms with Crippen molar-refractivity contribution < 1.29 is 4.74 Å². The van der Waals surface area contributed by atoms with Gasteiger partial charge >= 0.3 is 0 Å². The van der Waals surface area contributed by atoms with Crippen LogP contribution >= 0.6 is 31.1 Å². The molecule has 3 aromatic rings. The number of hydrogen-bond donors (Lipinski definition) is 2. The first-order valence-electron chi connectivity index (χ1n) is 12.9. The Labute approximate surface area is 230 Å². The van der Waals surface area contributed by atoms with Gasteiger partial charge < -0.3 is 15.4 Å². The Morgan fingerprint density at radius 2 is 1.84 bits per heavy atom. The summed E-state index contributed by atoms with van der Waals surface area (Å²) in [5.41, 5.74) is 4.80. The minimum Gasteiger partial charge on any atom is -0.376 e. The Hall–Kier alpha value is -1.95. The van der Waals surface area contributed by atoms with Crippen LogP contribution in [0.1, 0.15) is 30.9 Å². The van der Waals surface area contributed by atoms with E-state index in [0.717, 1.165) is 48.9 Å². The smallest absolute Gasteiger partial charge is 0.229 e. The number of hydrogen-bond acceptors (Lipinski definition) is 6. The van der Waals surface area contributed by atoms with E-state index in [1.165, 1.54) is 29.3 Å². The van der Waals surface area contributed by atoms with Crippen molar-refractivity contribution in [3.05, 3.63) is 63.8 Å². The third-order valence-electron chi connectivity index (χ3n) is 7.18. The van der Waals surface area contributed by atoms with E-state index in [9.17, 15) is 0 Å². The number of anilines is 4. The zero-order valence-electron chi connectivity index (χ0n) is 21.6. The van der Waals surface area contributed by atoms with Gasteiger partial charge in [0, 0.05) is 40.8 Å². The van der Waals surface area contributed by atoms with Crippen LogP contribution in [0, 0.1) is 0 Å². The van der Waals surface area contributed by atoms with Gasteiger partial charge in [0.2, 0.25) is 5.95 Å². The monoisotopic (exact) mass is 557 g/mol. The number of rotatable bonds is 6. The molecule has 2 aliphatic rings. The van der Waals surface area contributed by atoms with Gasteiger partial charge in [0.15, 0.2) is 5.82 Å². The summed E-state index contributed by atoms with van der Waals surface area (Å²) in [5, 5.41) is 9.14. The summed E-state index contributed by atoms with van der Waals surface area (Å²) < 4.78 is 5.76. The molecule has 1 aliphatic heterocycles. The molecule has 1 unspecified atom stereocenters. The average molecular weight is 558 g/mol. The van der Waals surface area contributed by atoms with Gasteiger partial charge in [-0.2, -0.15) is 4.98 Å². The molecule has 2 atom stereocenters. The lowest BCUT2D eigenvalue weighted by Gasteiger charge is -2.37. The van der Waals surface area contributed by atoms with Gasteiger partial charge in [-0.05, 0) is 87.4 Å². The van der Waals surface area contributed by atoms with Crippen LogP contribution < -0.4 is 15.9 Å². The topological polar surface area (TPSA) is 62.3 Å². The molecule has 37 heavy (non-hydrogen) atoms. The Morgan fingerprint density at radius 1 is 1.03 bits per heavy atom. The summed E-state index contributed by atoms with van der Waals surface area (Å²) in [7, 11) is -0.361. The number of morpholine rings is 1. The van der Waals surface area contributed by atoms with Crippen LogP contribution in [-0.4, -0.2) is 60.0 Å². The van der Waals surface area contributed by atoms with Gasteiger partial charge in [0.25, 0.3) is 0 Å². The number of benzene rings is 2. The lowest BCUT2D eigenvalue weighted by Crippen LogP contribution is -2.46. The second-order valence-corrected chi connectivity index (χ2v) is 13.2. The third kappa shape index (κ3) is 6.55.